The Morgan fingerprint density at radius 1 is 1.17 bits per heavy atom. The molecule has 1 amide bonds. The van der Waals surface area contributed by atoms with Crippen LogP contribution in [-0.2, 0) is 0 Å². The largest absolute Gasteiger partial charge is 0.507 e. The van der Waals surface area contributed by atoms with Crippen molar-refractivity contribution in [2.75, 3.05) is 0 Å². The van der Waals surface area contributed by atoms with Gasteiger partial charge in [-0.05, 0) is 30.4 Å². The molecule has 0 spiro atoms. The van der Waals surface area contributed by atoms with Crippen LogP contribution in [-0.4, -0.2) is 22.2 Å². The molecule has 116 valence electrons. The number of nitrogens with zero attached hydrogens (tertiary/aromatic N) is 2. The first-order valence-electron chi connectivity index (χ1n) is 6.61. The lowest BCUT2D eigenvalue weighted by Gasteiger charge is -2.01. The van der Waals surface area contributed by atoms with Gasteiger partial charge in [-0.3, -0.25) is 14.9 Å². The van der Waals surface area contributed by atoms with Crippen molar-refractivity contribution >= 4 is 23.9 Å². The van der Waals surface area contributed by atoms with Crippen molar-refractivity contribution in [3.63, 3.8) is 0 Å². The van der Waals surface area contributed by atoms with E-state index in [1.54, 1.807) is 30.3 Å². The predicted molar refractivity (Wildman–Crippen MR) is 86.2 cm³/mol. The Morgan fingerprint density at radius 2 is 1.87 bits per heavy atom. The molecule has 7 nitrogen and oxygen atoms in total. The van der Waals surface area contributed by atoms with Gasteiger partial charge in [-0.2, -0.15) is 5.10 Å². The summed E-state index contributed by atoms with van der Waals surface area (Å²) in [6.07, 6.45) is 4.26. The number of para-hydroxylation sites is 2. The number of phenolic OH excluding ortho intramolecular Hbond substituents is 1. The number of nitro groups is 1. The summed E-state index contributed by atoms with van der Waals surface area (Å²) in [7, 11) is 0. The molecule has 2 aromatic carbocycles. The van der Waals surface area contributed by atoms with Gasteiger partial charge in [0.15, 0.2) is 0 Å². The molecule has 0 aliphatic carbocycles. The third-order valence-electron chi connectivity index (χ3n) is 2.88. The minimum Gasteiger partial charge on any atom is -0.507 e. The van der Waals surface area contributed by atoms with E-state index in [1.807, 2.05) is 0 Å². The molecule has 0 unspecified atom stereocenters. The van der Waals surface area contributed by atoms with Crippen molar-refractivity contribution < 1.29 is 14.8 Å². The highest BCUT2D eigenvalue weighted by molar-refractivity contribution is 5.97. The minimum atomic E-state index is -0.557. The number of nitro benzene ring substituents is 1. The molecule has 0 heterocycles. The van der Waals surface area contributed by atoms with Crippen LogP contribution in [0.3, 0.4) is 0 Å². The van der Waals surface area contributed by atoms with E-state index < -0.39 is 10.8 Å². The lowest BCUT2D eigenvalue weighted by Crippen LogP contribution is -2.17. The number of benzene rings is 2. The molecule has 2 rings (SSSR count). The van der Waals surface area contributed by atoms with Crippen LogP contribution >= 0.6 is 0 Å². The maximum atomic E-state index is 11.7. The molecule has 0 aliphatic heterocycles. The van der Waals surface area contributed by atoms with Gasteiger partial charge in [-0.15, -0.1) is 0 Å². The second kappa shape index (κ2) is 7.51. The molecule has 23 heavy (non-hydrogen) atoms. The highest BCUT2D eigenvalue weighted by Gasteiger charge is 2.09. The number of hydrogen-bond donors (Lipinski definition) is 2. The van der Waals surface area contributed by atoms with Crippen molar-refractivity contribution in [3.05, 3.63) is 75.8 Å². The van der Waals surface area contributed by atoms with E-state index in [-0.39, 0.29) is 17.0 Å². The van der Waals surface area contributed by atoms with Gasteiger partial charge in [-0.1, -0.05) is 24.3 Å². The Morgan fingerprint density at radius 3 is 2.61 bits per heavy atom. The summed E-state index contributed by atoms with van der Waals surface area (Å²) in [5.41, 5.74) is 2.76. The second-order valence-electron chi connectivity index (χ2n) is 4.41. The van der Waals surface area contributed by atoms with Gasteiger partial charge in [0.2, 0.25) is 0 Å². The Labute approximate surface area is 131 Å². The number of allylic oxidation sites excluding steroid dienone is 1. The van der Waals surface area contributed by atoms with E-state index in [2.05, 4.69) is 10.5 Å². The molecule has 0 saturated carbocycles. The van der Waals surface area contributed by atoms with E-state index >= 15 is 0 Å². The van der Waals surface area contributed by atoms with Crippen molar-refractivity contribution in [1.29, 1.82) is 0 Å². The quantitative estimate of drug-likeness (QED) is 0.503. The van der Waals surface area contributed by atoms with Crippen LogP contribution in [0, 0.1) is 10.1 Å². The van der Waals surface area contributed by atoms with Crippen LogP contribution in [0.5, 0.6) is 5.75 Å². The summed E-state index contributed by atoms with van der Waals surface area (Å²) >= 11 is 0. The van der Waals surface area contributed by atoms with Crippen molar-refractivity contribution in [3.8, 4) is 5.75 Å². The lowest BCUT2D eigenvalue weighted by atomic mass is 10.1. The van der Waals surface area contributed by atoms with Crippen LogP contribution in [0.4, 0.5) is 5.69 Å². The van der Waals surface area contributed by atoms with E-state index in [9.17, 15) is 20.0 Å². The van der Waals surface area contributed by atoms with E-state index in [0.717, 1.165) is 0 Å². The molecule has 0 aliphatic rings. The van der Waals surface area contributed by atoms with Crippen LogP contribution < -0.4 is 5.43 Å². The summed E-state index contributed by atoms with van der Waals surface area (Å²) in [6.45, 7) is 0. The van der Waals surface area contributed by atoms with Crippen LogP contribution in [0.25, 0.3) is 6.08 Å². The Balaban J connectivity index is 1.99. The average Bonchev–Trinajstić information content (AvgIpc) is 2.55. The summed E-state index contributed by atoms with van der Waals surface area (Å²) in [5, 5.41) is 24.1. The first-order chi connectivity index (χ1) is 11.1. The van der Waals surface area contributed by atoms with E-state index in [0.29, 0.717) is 5.56 Å². The molecule has 0 radical (unpaired) electrons. The number of nitrogens with one attached hydrogen (secondary N) is 1. The first-order valence-corrected chi connectivity index (χ1v) is 6.61. The topological polar surface area (TPSA) is 105 Å². The molecule has 2 N–H and O–H groups in total. The van der Waals surface area contributed by atoms with Gasteiger partial charge in [0, 0.05) is 12.3 Å². The second-order valence-corrected chi connectivity index (χ2v) is 4.41. The molecule has 0 fully saturated rings. The van der Waals surface area contributed by atoms with Crippen molar-refractivity contribution in [2.45, 2.75) is 0 Å². The third-order valence-corrected chi connectivity index (χ3v) is 2.88. The fourth-order valence-corrected chi connectivity index (χ4v) is 1.81. The van der Waals surface area contributed by atoms with Crippen molar-refractivity contribution in [2.24, 2.45) is 5.10 Å². The first kappa shape index (κ1) is 15.9. The van der Waals surface area contributed by atoms with Gasteiger partial charge < -0.3 is 5.11 Å². The Bertz CT molecular complexity index is 784. The number of hydrogen-bond acceptors (Lipinski definition) is 5. The third kappa shape index (κ3) is 4.24. The fraction of sp³-hybridized carbons (Fsp3) is 0. The fourth-order valence-electron chi connectivity index (χ4n) is 1.81. The standard InChI is InChI=1S/C16H13N3O4/c20-15-10-4-2-8-13(15)16(21)18-17-11-5-7-12-6-1-3-9-14(12)19(22)23/h1-11,20H,(H,18,21). The van der Waals surface area contributed by atoms with E-state index in [4.69, 9.17) is 0 Å². The smallest absolute Gasteiger partial charge is 0.276 e. The number of carbonyl (C=O) groups excluding carboxylic acids is 1. The van der Waals surface area contributed by atoms with Crippen molar-refractivity contribution in [1.82, 2.24) is 5.43 Å². The SMILES string of the molecule is O=C(NN=CC=Cc1ccccc1[N+](=O)[O-])c1ccccc1O. The maximum absolute atomic E-state index is 11.7. The molecule has 0 bridgehead atoms. The zero-order chi connectivity index (χ0) is 16.7. The Kier molecular flexibility index (Phi) is 5.19. The maximum Gasteiger partial charge on any atom is 0.276 e. The normalized spacial score (nSPS) is 11.0. The molecular formula is C16H13N3O4. The minimum absolute atomic E-state index is 0.0182. The molecular weight excluding hydrogens is 298 g/mol. The number of amides is 1. The molecule has 0 atom stereocenters. The van der Waals surface area contributed by atoms with Gasteiger partial charge in [0.25, 0.3) is 11.6 Å². The average molecular weight is 311 g/mol. The molecule has 0 aromatic heterocycles. The highest BCUT2D eigenvalue weighted by atomic mass is 16.6. The molecule has 7 heteroatoms. The number of hydrazone groups is 1. The number of aromatic hydroxyl groups is 1. The van der Waals surface area contributed by atoms with Gasteiger partial charge >= 0.3 is 0 Å². The van der Waals surface area contributed by atoms with Gasteiger partial charge in [-0.25, -0.2) is 5.43 Å². The lowest BCUT2D eigenvalue weighted by molar-refractivity contribution is -0.385. The number of carbonyl (C=O) groups is 1. The highest BCUT2D eigenvalue weighted by Crippen LogP contribution is 2.18. The number of phenols is 1. The monoisotopic (exact) mass is 311 g/mol. The molecule has 0 saturated heterocycles. The number of rotatable bonds is 5. The van der Waals surface area contributed by atoms with E-state index in [1.165, 1.54) is 36.6 Å². The Hall–Kier alpha value is -3.48. The van der Waals surface area contributed by atoms with Crippen LogP contribution in [0.1, 0.15) is 15.9 Å². The van der Waals surface area contributed by atoms with Crippen LogP contribution in [0.15, 0.2) is 59.7 Å². The zero-order valence-electron chi connectivity index (χ0n) is 11.9. The predicted octanol–water partition coefficient (Wildman–Crippen LogP) is 2.73. The zero-order valence-corrected chi connectivity index (χ0v) is 11.9. The summed E-state index contributed by atoms with van der Waals surface area (Å²) in [6, 6.07) is 12.3. The van der Waals surface area contributed by atoms with Crippen LogP contribution in [0.2, 0.25) is 0 Å². The van der Waals surface area contributed by atoms with Gasteiger partial charge in [0.05, 0.1) is 16.1 Å². The summed E-state index contributed by atoms with van der Waals surface area (Å²) < 4.78 is 0. The molecule has 2 aromatic rings. The summed E-state index contributed by atoms with van der Waals surface area (Å²) in [4.78, 5) is 22.1. The summed E-state index contributed by atoms with van der Waals surface area (Å²) in [5.74, 6) is -0.700. The van der Waals surface area contributed by atoms with Gasteiger partial charge in [0.1, 0.15) is 5.75 Å².